The number of aromatic nitrogens is 1. The minimum Gasteiger partial charge on any atom is -0.394 e. The normalized spacial score (nSPS) is 25.2. The van der Waals surface area contributed by atoms with Crippen molar-refractivity contribution in [1.29, 1.82) is 0 Å². The van der Waals surface area contributed by atoms with Gasteiger partial charge in [-0.25, -0.2) is 0 Å². The van der Waals surface area contributed by atoms with Crippen molar-refractivity contribution >= 4 is 18.5 Å². The van der Waals surface area contributed by atoms with Gasteiger partial charge < -0.3 is 29.8 Å². The fourth-order valence-electron chi connectivity index (χ4n) is 2.05. The first-order valence-corrected chi connectivity index (χ1v) is 8.32. The van der Waals surface area contributed by atoms with Gasteiger partial charge in [-0.3, -0.25) is 9.55 Å². The zero-order valence-corrected chi connectivity index (χ0v) is 12.8. The Morgan fingerprint density at radius 2 is 1.78 bits per heavy atom. The molecule has 0 bridgehead atoms. The number of fused-ring (bicyclic) bond motifs is 1. The summed E-state index contributed by atoms with van der Waals surface area (Å²) in [6.45, 7) is -0.623. The predicted molar refractivity (Wildman–Crippen MR) is 81.0 cm³/mol. The lowest BCUT2D eigenvalue weighted by atomic mass is 10.2. The smallest absolute Gasteiger partial charge is 0.363 e. The Bertz CT molecular complexity index is 626. The lowest BCUT2D eigenvalue weighted by Gasteiger charge is -2.13. The SMILES string of the molecule is O=P(O)(O)[C]1O[C@H](CO)[C@@H](O)[C@H]1O.c1ccc2ncccc2c1. The first-order chi connectivity index (χ1) is 10.8. The van der Waals surface area contributed by atoms with Crippen molar-refractivity contribution in [3.05, 3.63) is 48.4 Å². The molecule has 2 heterocycles. The number of benzene rings is 1. The highest BCUT2D eigenvalue weighted by atomic mass is 31.2. The van der Waals surface area contributed by atoms with Crippen LogP contribution in [0, 0.1) is 5.85 Å². The van der Waals surface area contributed by atoms with Gasteiger partial charge in [-0.1, -0.05) is 24.3 Å². The molecule has 1 aliphatic heterocycles. The maximum Gasteiger partial charge on any atom is 0.363 e. The van der Waals surface area contributed by atoms with Crippen molar-refractivity contribution < 1.29 is 34.4 Å². The third kappa shape index (κ3) is 4.33. The summed E-state index contributed by atoms with van der Waals surface area (Å²) in [6, 6.07) is 12.1. The molecule has 0 amide bonds. The number of hydrogen-bond donors (Lipinski definition) is 5. The molecule has 3 atom stereocenters. The maximum absolute atomic E-state index is 10.6. The topological polar surface area (TPSA) is 140 Å². The largest absolute Gasteiger partial charge is 0.394 e. The van der Waals surface area contributed by atoms with Gasteiger partial charge in [-0.15, -0.1) is 0 Å². The third-order valence-electron chi connectivity index (χ3n) is 3.21. The monoisotopic (exact) mass is 342 g/mol. The first-order valence-electron chi connectivity index (χ1n) is 6.71. The van der Waals surface area contributed by atoms with Crippen molar-refractivity contribution in [3.63, 3.8) is 0 Å². The molecule has 0 saturated carbocycles. The van der Waals surface area contributed by atoms with Gasteiger partial charge in [0.15, 0.2) is 0 Å². The van der Waals surface area contributed by atoms with Gasteiger partial charge in [0.25, 0.3) is 0 Å². The molecule has 1 radical (unpaired) electrons. The molecule has 0 unspecified atom stereocenters. The van der Waals surface area contributed by atoms with Crippen molar-refractivity contribution in [2.75, 3.05) is 6.61 Å². The second kappa shape index (κ2) is 7.46. The Hall–Kier alpha value is -1.38. The van der Waals surface area contributed by atoms with E-state index in [1.165, 1.54) is 5.39 Å². The maximum atomic E-state index is 10.6. The van der Waals surface area contributed by atoms with E-state index in [-0.39, 0.29) is 0 Å². The number of para-hydroxylation sites is 1. The number of ether oxygens (including phenoxy) is 1. The lowest BCUT2D eigenvalue weighted by molar-refractivity contribution is -0.00421. The van der Waals surface area contributed by atoms with Gasteiger partial charge >= 0.3 is 7.60 Å². The number of hydrogen-bond acceptors (Lipinski definition) is 6. The molecule has 1 fully saturated rings. The van der Waals surface area contributed by atoms with Crippen molar-refractivity contribution in [2.45, 2.75) is 18.3 Å². The standard InChI is InChI=1S/C9H7N.C5H10O7P/c1-2-6-9-8(4-1)5-3-7-10-9;6-1-2-3(7)4(8)5(12-2)13(9,10)11/h1-7H;2-4,6-8H,1H2,(H2,9,10,11)/t;2-,3-,4-/m.1/s1. The van der Waals surface area contributed by atoms with E-state index in [9.17, 15) is 4.57 Å². The summed E-state index contributed by atoms with van der Waals surface area (Å²) in [5.41, 5.74) is 1.06. The van der Waals surface area contributed by atoms with Gasteiger partial charge in [0, 0.05) is 11.6 Å². The molecule has 0 aliphatic carbocycles. The van der Waals surface area contributed by atoms with E-state index in [4.69, 9.17) is 25.1 Å². The third-order valence-corrected chi connectivity index (χ3v) is 4.15. The van der Waals surface area contributed by atoms with Gasteiger partial charge in [-0.05, 0) is 12.1 Å². The molecule has 8 nitrogen and oxygen atoms in total. The van der Waals surface area contributed by atoms with Crippen LogP contribution in [0.2, 0.25) is 0 Å². The average Bonchev–Trinajstić information content (AvgIpc) is 2.83. The highest BCUT2D eigenvalue weighted by molar-refractivity contribution is 7.55. The average molecular weight is 342 g/mol. The molecule has 1 aromatic heterocycles. The molecule has 2 aromatic rings. The summed E-state index contributed by atoms with van der Waals surface area (Å²) in [4.78, 5) is 21.4. The van der Waals surface area contributed by atoms with Crippen LogP contribution >= 0.6 is 7.60 Å². The Labute approximate surface area is 132 Å². The summed E-state index contributed by atoms with van der Waals surface area (Å²) >= 11 is 0. The minimum absolute atomic E-state index is 0.623. The van der Waals surface area contributed by atoms with Crippen LogP contribution in [0.1, 0.15) is 0 Å². The van der Waals surface area contributed by atoms with Gasteiger partial charge in [0.2, 0.25) is 5.85 Å². The number of nitrogens with zero attached hydrogens (tertiary/aromatic N) is 1. The number of pyridine rings is 1. The van der Waals surface area contributed by atoms with E-state index in [1.807, 2.05) is 30.5 Å². The van der Waals surface area contributed by atoms with Gasteiger partial charge in [0.1, 0.15) is 18.3 Å². The van der Waals surface area contributed by atoms with Crippen LogP contribution in [-0.2, 0) is 9.30 Å². The predicted octanol–water partition coefficient (Wildman–Crippen LogP) is 0.00129. The fourth-order valence-corrected chi connectivity index (χ4v) is 2.82. The van der Waals surface area contributed by atoms with Gasteiger partial charge in [-0.2, -0.15) is 0 Å². The summed E-state index contributed by atoms with van der Waals surface area (Å²) < 4.78 is 15.1. The Kier molecular flexibility index (Phi) is 5.83. The van der Waals surface area contributed by atoms with Crippen LogP contribution in [0.3, 0.4) is 0 Å². The summed E-state index contributed by atoms with van der Waals surface area (Å²) in [5.74, 6) is -0.890. The fraction of sp³-hybridized carbons (Fsp3) is 0.286. The molecule has 125 valence electrons. The zero-order valence-electron chi connectivity index (χ0n) is 11.9. The van der Waals surface area contributed by atoms with Crippen LogP contribution in [0.25, 0.3) is 10.9 Å². The second-order valence-corrected chi connectivity index (χ2v) is 6.38. The molecule has 0 spiro atoms. The lowest BCUT2D eigenvalue weighted by Crippen LogP contribution is -2.32. The Balaban J connectivity index is 0.000000172. The summed E-state index contributed by atoms with van der Waals surface area (Å²) in [5, 5.41) is 27.9. The quantitative estimate of drug-likeness (QED) is 0.481. The molecular formula is C14H17NO7P. The Morgan fingerprint density at radius 3 is 2.30 bits per heavy atom. The molecule has 5 N–H and O–H groups in total. The minimum atomic E-state index is -4.68. The first kappa shape index (κ1) is 18.0. The van der Waals surface area contributed by atoms with E-state index < -0.39 is 38.4 Å². The summed E-state index contributed by atoms with van der Waals surface area (Å²) in [6.07, 6.45) is -2.63. The van der Waals surface area contributed by atoms with E-state index >= 15 is 0 Å². The van der Waals surface area contributed by atoms with Crippen LogP contribution < -0.4 is 0 Å². The number of aliphatic hydroxyl groups is 3. The van der Waals surface area contributed by atoms with Crippen LogP contribution in [0.4, 0.5) is 0 Å². The highest BCUT2D eigenvalue weighted by Crippen LogP contribution is 2.53. The van der Waals surface area contributed by atoms with Gasteiger partial charge in [0.05, 0.1) is 12.1 Å². The van der Waals surface area contributed by atoms with Crippen molar-refractivity contribution in [2.24, 2.45) is 0 Å². The highest BCUT2D eigenvalue weighted by Gasteiger charge is 2.51. The van der Waals surface area contributed by atoms with E-state index in [2.05, 4.69) is 21.9 Å². The molecule has 1 aliphatic rings. The summed E-state index contributed by atoms with van der Waals surface area (Å²) in [7, 11) is -4.68. The van der Waals surface area contributed by atoms with E-state index in [0.717, 1.165) is 5.52 Å². The molecular weight excluding hydrogens is 325 g/mol. The molecule has 1 saturated heterocycles. The number of aliphatic hydroxyl groups excluding tert-OH is 3. The molecule has 23 heavy (non-hydrogen) atoms. The number of rotatable bonds is 2. The Morgan fingerprint density at radius 1 is 1.13 bits per heavy atom. The van der Waals surface area contributed by atoms with Crippen LogP contribution in [0.15, 0.2) is 42.6 Å². The van der Waals surface area contributed by atoms with Crippen LogP contribution in [0.5, 0.6) is 0 Å². The van der Waals surface area contributed by atoms with Crippen molar-refractivity contribution in [3.8, 4) is 0 Å². The molecule has 3 rings (SSSR count). The van der Waals surface area contributed by atoms with Crippen LogP contribution in [-0.4, -0.2) is 55.0 Å². The molecule has 9 heteroatoms. The van der Waals surface area contributed by atoms with Crippen molar-refractivity contribution in [1.82, 2.24) is 4.98 Å². The van der Waals surface area contributed by atoms with E-state index in [1.54, 1.807) is 0 Å². The molecule has 1 aromatic carbocycles. The van der Waals surface area contributed by atoms with E-state index in [0.29, 0.717) is 0 Å². The second-order valence-electron chi connectivity index (χ2n) is 4.85. The zero-order chi connectivity index (χ0) is 17.0.